The van der Waals surface area contributed by atoms with Gasteiger partial charge in [-0.05, 0) is 57.8 Å². The molecule has 2 unspecified atom stereocenters. The Bertz CT molecular complexity index is 1050. The third-order valence-electron chi connectivity index (χ3n) is 8.99. The summed E-state index contributed by atoms with van der Waals surface area (Å²) in [6.45, 7) is 4.53. The van der Waals surface area contributed by atoms with Gasteiger partial charge < -0.3 is 23.8 Å². The average Bonchev–Trinajstić information content (AvgIpc) is 3.11. The minimum Gasteiger partial charge on any atom is -0.477 e. The summed E-state index contributed by atoms with van der Waals surface area (Å²) < 4.78 is 17.2. The highest BCUT2D eigenvalue weighted by Crippen LogP contribution is 2.12. The van der Waals surface area contributed by atoms with Crippen molar-refractivity contribution in [1.29, 1.82) is 0 Å². The number of ether oxygens (including phenoxy) is 3. The van der Waals surface area contributed by atoms with Gasteiger partial charge in [0.15, 0.2) is 12.1 Å². The largest absolute Gasteiger partial charge is 0.477 e. The van der Waals surface area contributed by atoms with Crippen molar-refractivity contribution in [3.05, 3.63) is 60.8 Å². The second-order valence-corrected chi connectivity index (χ2v) is 15.0. The number of hydrogen-bond donors (Lipinski definition) is 1. The Morgan fingerprint density at radius 1 is 0.585 bits per heavy atom. The predicted octanol–water partition coefficient (Wildman–Crippen LogP) is 11.0. The quantitative estimate of drug-likeness (QED) is 0.0295. The highest BCUT2D eigenvalue weighted by atomic mass is 16.6. The van der Waals surface area contributed by atoms with Gasteiger partial charge in [-0.1, -0.05) is 139 Å². The first-order valence-corrected chi connectivity index (χ1v) is 20.9. The molecule has 0 aliphatic carbocycles. The number of aliphatic carboxylic acids is 1. The molecule has 0 rings (SSSR count). The Hall–Kier alpha value is -2.97. The van der Waals surface area contributed by atoms with Crippen LogP contribution in [-0.4, -0.2) is 80.6 Å². The number of unbranched alkanes of at least 4 members (excludes halogenated alkanes) is 15. The molecule has 1 N–H and O–H groups in total. The van der Waals surface area contributed by atoms with Crippen molar-refractivity contribution >= 4 is 17.9 Å². The molecule has 8 heteroatoms. The minimum atomic E-state index is -0.885. The zero-order valence-electron chi connectivity index (χ0n) is 34.4. The maximum absolute atomic E-state index is 12.7. The van der Waals surface area contributed by atoms with Crippen LogP contribution in [-0.2, 0) is 28.6 Å². The van der Waals surface area contributed by atoms with Crippen LogP contribution in [0.5, 0.6) is 0 Å². The molecule has 0 radical (unpaired) electrons. The molecule has 0 aliphatic rings. The molecule has 53 heavy (non-hydrogen) atoms. The van der Waals surface area contributed by atoms with Gasteiger partial charge in [-0.3, -0.25) is 9.59 Å². The smallest absolute Gasteiger partial charge is 0.362 e. The molecule has 304 valence electrons. The molecule has 2 atom stereocenters. The van der Waals surface area contributed by atoms with Gasteiger partial charge >= 0.3 is 17.9 Å². The molecule has 0 amide bonds. The molecule has 0 aromatic heterocycles. The number of allylic oxidation sites excluding steroid dienone is 10. The lowest BCUT2D eigenvalue weighted by Crippen LogP contribution is -2.50. The van der Waals surface area contributed by atoms with Crippen molar-refractivity contribution in [3.8, 4) is 0 Å². The van der Waals surface area contributed by atoms with Gasteiger partial charge in [0.2, 0.25) is 0 Å². The molecule has 0 fully saturated rings. The molecule has 0 saturated heterocycles. The topological polar surface area (TPSA) is 99.1 Å². The summed E-state index contributed by atoms with van der Waals surface area (Å²) in [7, 11) is 5.50. The van der Waals surface area contributed by atoms with Crippen molar-refractivity contribution in [2.75, 3.05) is 41.0 Å². The number of hydrogen-bond acceptors (Lipinski definition) is 6. The Kier molecular flexibility index (Phi) is 34.0. The molecule has 0 spiro atoms. The van der Waals surface area contributed by atoms with E-state index >= 15 is 0 Å². The molecule has 8 nitrogen and oxygen atoms in total. The Morgan fingerprint density at radius 3 is 1.58 bits per heavy atom. The van der Waals surface area contributed by atoms with E-state index in [1.807, 2.05) is 27.2 Å². The number of carboxylic acids is 1. The van der Waals surface area contributed by atoms with Crippen LogP contribution in [0.4, 0.5) is 0 Å². The number of rotatable bonds is 36. The van der Waals surface area contributed by atoms with E-state index in [2.05, 4.69) is 68.5 Å². The van der Waals surface area contributed by atoms with Crippen LogP contribution >= 0.6 is 0 Å². The Labute approximate surface area is 324 Å². The molecular weight excluding hydrogens is 666 g/mol. The summed E-state index contributed by atoms with van der Waals surface area (Å²) in [6, 6.07) is -0.624. The number of esters is 2. The molecule has 0 bridgehead atoms. The summed E-state index contributed by atoms with van der Waals surface area (Å²) in [5, 5.41) is 9.60. The van der Waals surface area contributed by atoms with E-state index in [1.165, 1.54) is 44.9 Å². The first-order valence-electron chi connectivity index (χ1n) is 20.9. The number of nitrogens with zero attached hydrogens (tertiary/aromatic N) is 1. The molecule has 0 aromatic carbocycles. The highest BCUT2D eigenvalue weighted by Gasteiger charge is 2.31. The average molecular weight is 745 g/mol. The van der Waals surface area contributed by atoms with Gasteiger partial charge in [-0.25, -0.2) is 4.79 Å². The van der Waals surface area contributed by atoms with Gasteiger partial charge in [0.25, 0.3) is 0 Å². The zero-order valence-corrected chi connectivity index (χ0v) is 34.4. The zero-order chi connectivity index (χ0) is 39.3. The van der Waals surface area contributed by atoms with Gasteiger partial charge in [-0.15, -0.1) is 0 Å². The fraction of sp³-hybridized carbons (Fsp3) is 0.711. The van der Waals surface area contributed by atoms with Crippen LogP contribution in [0.15, 0.2) is 60.8 Å². The predicted molar refractivity (Wildman–Crippen MR) is 220 cm³/mol. The van der Waals surface area contributed by atoms with Crippen molar-refractivity contribution in [2.45, 2.75) is 167 Å². The van der Waals surface area contributed by atoms with E-state index in [0.717, 1.165) is 77.0 Å². The molecule has 0 aromatic rings. The van der Waals surface area contributed by atoms with Gasteiger partial charge in [0.05, 0.1) is 34.4 Å². The second kappa shape index (κ2) is 36.0. The SMILES string of the molecule is CC/C=C/C=C/C=C/CCCCCCCC(=O)OCC(COCCC(C(=O)O)[N+](C)(C)C)OC(=O)CCCCC/C=C/C=C/CCCCCCCCC. The summed E-state index contributed by atoms with van der Waals surface area (Å²) in [4.78, 5) is 36.9. The van der Waals surface area contributed by atoms with E-state index in [1.54, 1.807) is 0 Å². The van der Waals surface area contributed by atoms with E-state index in [0.29, 0.717) is 12.8 Å². The third-order valence-corrected chi connectivity index (χ3v) is 8.99. The van der Waals surface area contributed by atoms with E-state index in [9.17, 15) is 19.5 Å². The second-order valence-electron chi connectivity index (χ2n) is 15.0. The maximum Gasteiger partial charge on any atom is 0.362 e. The summed E-state index contributed by atoms with van der Waals surface area (Å²) >= 11 is 0. The fourth-order valence-corrected chi connectivity index (χ4v) is 5.73. The minimum absolute atomic E-state index is 0.0411. The fourth-order valence-electron chi connectivity index (χ4n) is 5.73. The number of likely N-dealkylation sites (N-methyl/N-ethyl adjacent to an activating group) is 1. The van der Waals surface area contributed by atoms with E-state index in [4.69, 9.17) is 14.2 Å². The van der Waals surface area contributed by atoms with Crippen molar-refractivity contribution in [1.82, 2.24) is 0 Å². The number of carboxylic acid groups (broad SMARTS) is 1. The van der Waals surface area contributed by atoms with E-state index < -0.39 is 18.1 Å². The number of carbonyl (C=O) groups is 3. The molecule has 0 saturated carbocycles. The molecular formula is C45H78NO7+. The summed E-state index contributed by atoms with van der Waals surface area (Å²) in [5.74, 6) is -1.54. The van der Waals surface area contributed by atoms with Crippen molar-refractivity contribution < 1.29 is 38.2 Å². The Balaban J connectivity index is 4.47. The first-order chi connectivity index (χ1) is 25.6. The standard InChI is InChI=1S/C45H77NO7/c1-6-8-10-12-14-16-18-20-21-22-24-26-28-30-32-34-36-44(48)53-41(39-51-38-37-42(45(49)50)46(3,4)5)40-52-43(47)35-33-31-29-27-25-23-19-17-15-13-11-9-7-2/h9,11,13,15,17,19,21-22,24,26,41-42H,6-8,10,12,14,16,18,20,23,25,27-40H2,1-5H3/p+1/b11-9+,15-13+,19-17+,22-21+,26-24+. The Morgan fingerprint density at radius 2 is 1.06 bits per heavy atom. The highest BCUT2D eigenvalue weighted by molar-refractivity contribution is 5.72. The van der Waals surface area contributed by atoms with Crippen LogP contribution in [0, 0.1) is 0 Å². The third kappa shape index (κ3) is 34.5. The monoisotopic (exact) mass is 745 g/mol. The van der Waals surface area contributed by atoms with Crippen molar-refractivity contribution in [2.24, 2.45) is 0 Å². The van der Waals surface area contributed by atoms with Crippen LogP contribution in [0.1, 0.15) is 155 Å². The lowest BCUT2D eigenvalue weighted by Gasteiger charge is -2.31. The molecule has 0 heterocycles. The van der Waals surface area contributed by atoms with Gasteiger partial charge in [0, 0.05) is 19.3 Å². The van der Waals surface area contributed by atoms with Crippen molar-refractivity contribution in [3.63, 3.8) is 0 Å². The van der Waals surface area contributed by atoms with Gasteiger partial charge in [0.1, 0.15) is 6.61 Å². The van der Waals surface area contributed by atoms with Crippen LogP contribution in [0.3, 0.4) is 0 Å². The first kappa shape index (κ1) is 50.0. The number of quaternary nitrogens is 1. The number of carbonyl (C=O) groups excluding carboxylic acids is 2. The lowest BCUT2D eigenvalue weighted by molar-refractivity contribution is -0.887. The van der Waals surface area contributed by atoms with Crippen LogP contribution in [0.25, 0.3) is 0 Å². The summed E-state index contributed by atoms with van der Waals surface area (Å²) in [5.41, 5.74) is 0. The van der Waals surface area contributed by atoms with Crippen LogP contribution in [0.2, 0.25) is 0 Å². The molecule has 0 aliphatic heterocycles. The normalized spacial score (nSPS) is 13.6. The van der Waals surface area contributed by atoms with E-state index in [-0.39, 0.29) is 42.7 Å². The summed E-state index contributed by atoms with van der Waals surface area (Å²) in [6.07, 6.45) is 42.6. The maximum atomic E-state index is 12.7. The lowest BCUT2D eigenvalue weighted by atomic mass is 10.1. The van der Waals surface area contributed by atoms with Crippen LogP contribution < -0.4 is 0 Å². The van der Waals surface area contributed by atoms with Gasteiger partial charge in [-0.2, -0.15) is 0 Å².